The van der Waals surface area contributed by atoms with Gasteiger partial charge in [-0.2, -0.15) is 0 Å². The van der Waals surface area contributed by atoms with Crippen LogP contribution >= 0.6 is 0 Å². The van der Waals surface area contributed by atoms with E-state index in [0.29, 0.717) is 6.42 Å². The molecule has 20 heavy (non-hydrogen) atoms. The van der Waals surface area contributed by atoms with Crippen molar-refractivity contribution in [2.45, 2.75) is 56.6 Å². The quantitative estimate of drug-likeness (QED) is 0.617. The number of carbonyl (C=O) groups excluding carboxylic acids is 1. The van der Waals surface area contributed by atoms with E-state index >= 15 is 0 Å². The molecule has 0 aliphatic heterocycles. The highest BCUT2D eigenvalue weighted by molar-refractivity contribution is 5.77. The third kappa shape index (κ3) is 5.46. The van der Waals surface area contributed by atoms with Gasteiger partial charge in [0.15, 0.2) is 0 Å². The van der Waals surface area contributed by atoms with Crippen LogP contribution in [0.1, 0.15) is 44.9 Å². The number of nitrogens with one attached hydrogen (secondary N) is 2. The molecule has 1 amide bonds. The number of carbonyl (C=O) groups is 2. The van der Waals surface area contributed by atoms with Crippen molar-refractivity contribution >= 4 is 11.9 Å². The molecule has 1 saturated carbocycles. The van der Waals surface area contributed by atoms with E-state index in [1.165, 1.54) is 13.5 Å². The first-order valence-electron chi connectivity index (χ1n) is 7.21. The molecule has 6 heteroatoms. The van der Waals surface area contributed by atoms with Crippen LogP contribution in [0.25, 0.3) is 0 Å². The van der Waals surface area contributed by atoms with Crippen LogP contribution in [0.3, 0.4) is 0 Å². The molecular weight excluding hydrogens is 260 g/mol. The Morgan fingerprint density at radius 2 is 1.95 bits per heavy atom. The van der Waals surface area contributed by atoms with E-state index in [1.807, 2.05) is 7.05 Å². The van der Waals surface area contributed by atoms with Crippen molar-refractivity contribution in [2.75, 3.05) is 20.7 Å². The summed E-state index contributed by atoms with van der Waals surface area (Å²) in [6, 6.07) is 0. The van der Waals surface area contributed by atoms with Gasteiger partial charge >= 0.3 is 5.97 Å². The molecule has 1 unspecified atom stereocenters. The van der Waals surface area contributed by atoms with E-state index in [0.717, 1.165) is 25.7 Å². The Labute approximate surface area is 120 Å². The lowest BCUT2D eigenvalue weighted by molar-refractivity contribution is -0.140. The van der Waals surface area contributed by atoms with E-state index in [4.69, 9.17) is 9.84 Å². The summed E-state index contributed by atoms with van der Waals surface area (Å²) in [6.07, 6.45) is 5.41. The van der Waals surface area contributed by atoms with Crippen LogP contribution in [0, 0.1) is 0 Å². The number of hydrogen-bond acceptors (Lipinski definition) is 4. The predicted octanol–water partition coefficient (Wildman–Crippen LogP) is 0.905. The molecule has 0 heterocycles. The number of ether oxygens (including phenoxy) is 1. The van der Waals surface area contributed by atoms with Crippen molar-refractivity contribution in [1.82, 2.24) is 10.6 Å². The molecule has 116 valence electrons. The van der Waals surface area contributed by atoms with Gasteiger partial charge in [-0.25, -0.2) is 0 Å². The van der Waals surface area contributed by atoms with Crippen molar-refractivity contribution < 1.29 is 19.4 Å². The zero-order valence-corrected chi connectivity index (χ0v) is 12.4. The number of methoxy groups -OCH3 is 1. The van der Waals surface area contributed by atoms with Crippen molar-refractivity contribution in [2.24, 2.45) is 0 Å². The van der Waals surface area contributed by atoms with E-state index in [-0.39, 0.29) is 24.4 Å². The molecule has 1 aliphatic carbocycles. The molecule has 0 aromatic carbocycles. The number of carboxylic acid groups (broad SMARTS) is 1. The Bertz CT molecular complexity index is 327. The fourth-order valence-corrected chi connectivity index (χ4v) is 2.77. The standard InChI is InChI=1S/C14H26N2O4/c1-15-14(6-4-3-5-7-14)9-12(17)16-10-11(20-2)8-13(18)19/h11,15H,3-10H2,1-2H3,(H,16,17)(H,18,19). The highest BCUT2D eigenvalue weighted by Gasteiger charge is 2.32. The summed E-state index contributed by atoms with van der Waals surface area (Å²) in [4.78, 5) is 22.7. The normalized spacial score (nSPS) is 19.3. The number of amides is 1. The lowest BCUT2D eigenvalue weighted by atomic mass is 9.79. The lowest BCUT2D eigenvalue weighted by Gasteiger charge is -2.36. The van der Waals surface area contributed by atoms with Crippen LogP contribution < -0.4 is 10.6 Å². The summed E-state index contributed by atoms with van der Waals surface area (Å²) in [7, 11) is 3.36. The zero-order chi connectivity index (χ0) is 15.0. The summed E-state index contributed by atoms with van der Waals surface area (Å²) in [6.45, 7) is 0.238. The maximum Gasteiger partial charge on any atom is 0.306 e. The van der Waals surface area contributed by atoms with Crippen LogP contribution in [0.15, 0.2) is 0 Å². The molecule has 1 rings (SSSR count). The van der Waals surface area contributed by atoms with E-state index in [1.54, 1.807) is 0 Å². The van der Waals surface area contributed by atoms with E-state index in [2.05, 4.69) is 10.6 Å². The number of carboxylic acids is 1. The highest BCUT2D eigenvalue weighted by Crippen LogP contribution is 2.30. The average molecular weight is 286 g/mol. The molecule has 1 aliphatic rings. The predicted molar refractivity (Wildman–Crippen MR) is 75.6 cm³/mol. The Hall–Kier alpha value is -1.14. The SMILES string of the molecule is CNC1(CC(=O)NCC(CC(=O)O)OC)CCCCC1. The molecule has 0 aromatic rings. The Morgan fingerprint density at radius 1 is 1.30 bits per heavy atom. The first-order chi connectivity index (χ1) is 9.51. The second-order valence-electron chi connectivity index (χ2n) is 5.53. The molecule has 1 fully saturated rings. The van der Waals surface area contributed by atoms with Crippen LogP contribution in [0.2, 0.25) is 0 Å². The summed E-state index contributed by atoms with van der Waals surface area (Å²) in [5, 5.41) is 14.8. The first kappa shape index (κ1) is 16.9. The minimum absolute atomic E-state index is 0.0475. The zero-order valence-electron chi connectivity index (χ0n) is 12.4. The summed E-state index contributed by atoms with van der Waals surface area (Å²) < 4.78 is 5.04. The lowest BCUT2D eigenvalue weighted by Crippen LogP contribution is -2.49. The minimum Gasteiger partial charge on any atom is -0.481 e. The Balaban J connectivity index is 2.39. The fraction of sp³-hybridized carbons (Fsp3) is 0.857. The highest BCUT2D eigenvalue weighted by atomic mass is 16.5. The third-order valence-corrected chi connectivity index (χ3v) is 4.10. The van der Waals surface area contributed by atoms with Gasteiger partial charge in [0.05, 0.1) is 12.5 Å². The van der Waals surface area contributed by atoms with Gasteiger partial charge in [0, 0.05) is 25.6 Å². The maximum atomic E-state index is 12.0. The van der Waals surface area contributed by atoms with Crippen LogP contribution in [0.5, 0.6) is 0 Å². The molecule has 0 radical (unpaired) electrons. The Morgan fingerprint density at radius 3 is 2.45 bits per heavy atom. The van der Waals surface area contributed by atoms with Crippen LogP contribution in [0.4, 0.5) is 0 Å². The molecule has 3 N–H and O–H groups in total. The third-order valence-electron chi connectivity index (χ3n) is 4.10. The van der Waals surface area contributed by atoms with Crippen LogP contribution in [-0.2, 0) is 14.3 Å². The van der Waals surface area contributed by atoms with Gasteiger partial charge in [-0.3, -0.25) is 9.59 Å². The van der Waals surface area contributed by atoms with Crippen LogP contribution in [-0.4, -0.2) is 49.3 Å². The topological polar surface area (TPSA) is 87.7 Å². The van der Waals surface area contributed by atoms with E-state index in [9.17, 15) is 9.59 Å². The fourth-order valence-electron chi connectivity index (χ4n) is 2.77. The minimum atomic E-state index is -0.926. The number of aliphatic carboxylic acids is 1. The smallest absolute Gasteiger partial charge is 0.306 e. The monoisotopic (exact) mass is 286 g/mol. The second kappa shape index (κ2) is 8.21. The van der Waals surface area contributed by atoms with Gasteiger partial charge in [-0.1, -0.05) is 19.3 Å². The molecule has 0 saturated heterocycles. The average Bonchev–Trinajstić information content (AvgIpc) is 2.44. The summed E-state index contributed by atoms with van der Waals surface area (Å²) in [5.41, 5.74) is -0.0995. The summed E-state index contributed by atoms with van der Waals surface area (Å²) in [5.74, 6) is -0.973. The van der Waals surface area contributed by atoms with Crippen molar-refractivity contribution in [3.05, 3.63) is 0 Å². The molecule has 6 nitrogen and oxygen atoms in total. The van der Waals surface area contributed by atoms with Gasteiger partial charge < -0.3 is 20.5 Å². The molecule has 1 atom stereocenters. The van der Waals surface area contributed by atoms with Crippen molar-refractivity contribution in [3.8, 4) is 0 Å². The number of rotatable bonds is 8. The van der Waals surface area contributed by atoms with Gasteiger partial charge in [0.2, 0.25) is 5.91 Å². The van der Waals surface area contributed by atoms with Gasteiger partial charge in [0.1, 0.15) is 0 Å². The molecule has 0 aromatic heterocycles. The van der Waals surface area contributed by atoms with Crippen molar-refractivity contribution in [3.63, 3.8) is 0 Å². The molecule has 0 bridgehead atoms. The van der Waals surface area contributed by atoms with Crippen molar-refractivity contribution in [1.29, 1.82) is 0 Å². The maximum absolute atomic E-state index is 12.0. The molecule has 0 spiro atoms. The first-order valence-corrected chi connectivity index (χ1v) is 7.21. The Kier molecular flexibility index (Phi) is 6.95. The van der Waals surface area contributed by atoms with Gasteiger partial charge in [0.25, 0.3) is 0 Å². The van der Waals surface area contributed by atoms with Gasteiger partial charge in [-0.05, 0) is 19.9 Å². The number of hydrogen-bond donors (Lipinski definition) is 3. The largest absolute Gasteiger partial charge is 0.481 e. The van der Waals surface area contributed by atoms with E-state index < -0.39 is 12.1 Å². The second-order valence-corrected chi connectivity index (χ2v) is 5.53. The molecular formula is C14H26N2O4. The summed E-state index contributed by atoms with van der Waals surface area (Å²) >= 11 is 0. The van der Waals surface area contributed by atoms with Gasteiger partial charge in [-0.15, -0.1) is 0 Å².